The molecule has 0 rings (SSSR count). The number of hydrogen-bond acceptors (Lipinski definition) is 3. The average molecular weight is 168 g/mol. The Morgan fingerprint density at radius 2 is 1.80 bits per heavy atom. The van der Waals surface area contributed by atoms with Crippen LogP contribution in [0.4, 0.5) is 0 Å². The molecule has 0 fully saturated rings. The van der Waals surface area contributed by atoms with Gasteiger partial charge in [0.2, 0.25) is 0 Å². The molecule has 0 aromatic carbocycles. The third kappa shape index (κ3) is 41.2. The van der Waals surface area contributed by atoms with Crippen molar-refractivity contribution >= 4 is 11.2 Å². The van der Waals surface area contributed by atoms with E-state index in [0.717, 1.165) is 0 Å². The average Bonchev–Trinajstić information content (AvgIpc) is 1.62. The molecule has 2 N–H and O–H groups in total. The Morgan fingerprint density at radius 3 is 1.80 bits per heavy atom. The van der Waals surface area contributed by atoms with Crippen LogP contribution in [0.15, 0.2) is 0 Å². The normalized spacial score (nSPS) is 12.3. The Kier molecular flexibility index (Phi) is 11.9. The first-order valence-electron chi connectivity index (χ1n) is 3.04. The molecular weight excluding hydrogens is 152 g/mol. The third-order valence-corrected chi connectivity index (χ3v) is 0.547. The SMILES string of the molecule is CC(O)CCO.C[S+](C)[O-]. The van der Waals surface area contributed by atoms with Crippen LogP contribution >= 0.6 is 0 Å². The van der Waals surface area contributed by atoms with Crippen LogP contribution in [0.25, 0.3) is 0 Å². The molecule has 0 amide bonds. The Balaban J connectivity index is 0. The molecule has 0 heterocycles. The van der Waals surface area contributed by atoms with Crippen LogP contribution < -0.4 is 0 Å². The van der Waals surface area contributed by atoms with E-state index >= 15 is 0 Å². The van der Waals surface area contributed by atoms with E-state index in [1.165, 1.54) is 0 Å². The van der Waals surface area contributed by atoms with Crippen LogP contribution in [0.1, 0.15) is 13.3 Å². The molecule has 4 heteroatoms. The fraction of sp³-hybridized carbons (Fsp3) is 1.00. The number of aliphatic hydroxyl groups excluding tert-OH is 2. The number of hydrogen-bond donors (Lipinski definition) is 2. The quantitative estimate of drug-likeness (QED) is 0.559. The Hall–Kier alpha value is 0.230. The van der Waals surface area contributed by atoms with Crippen molar-refractivity contribution < 1.29 is 14.8 Å². The molecule has 0 saturated carbocycles. The monoisotopic (exact) mass is 168 g/mol. The van der Waals surface area contributed by atoms with E-state index in [9.17, 15) is 4.55 Å². The lowest BCUT2D eigenvalue weighted by molar-refractivity contribution is 0.148. The van der Waals surface area contributed by atoms with Crippen LogP contribution in [0.3, 0.4) is 0 Å². The Labute approximate surface area is 65.3 Å². The van der Waals surface area contributed by atoms with Gasteiger partial charge >= 0.3 is 0 Å². The molecule has 3 nitrogen and oxygen atoms in total. The second-order valence-corrected chi connectivity index (χ2v) is 3.59. The van der Waals surface area contributed by atoms with Crippen LogP contribution in [-0.4, -0.2) is 40.0 Å². The van der Waals surface area contributed by atoms with Crippen molar-refractivity contribution in [2.24, 2.45) is 0 Å². The van der Waals surface area contributed by atoms with E-state index in [1.807, 2.05) is 0 Å². The van der Waals surface area contributed by atoms with Crippen LogP contribution in [-0.2, 0) is 11.2 Å². The summed E-state index contributed by atoms with van der Waals surface area (Å²) in [4.78, 5) is 0. The van der Waals surface area contributed by atoms with Gasteiger partial charge in [0.15, 0.2) is 0 Å². The highest BCUT2D eigenvalue weighted by atomic mass is 32.2. The van der Waals surface area contributed by atoms with Gasteiger partial charge in [-0.25, -0.2) is 0 Å². The van der Waals surface area contributed by atoms with E-state index in [0.29, 0.717) is 6.42 Å². The van der Waals surface area contributed by atoms with Gasteiger partial charge in [-0.05, 0) is 13.3 Å². The Bertz CT molecular complexity index is 54.2. The minimum atomic E-state index is -0.611. The van der Waals surface area contributed by atoms with Crippen LogP contribution in [0.5, 0.6) is 0 Å². The zero-order chi connectivity index (χ0) is 8.57. The molecule has 0 aliphatic heterocycles. The predicted octanol–water partition coefficient (Wildman–Crippen LogP) is -0.256. The zero-order valence-corrected chi connectivity index (χ0v) is 7.52. The molecule has 0 aliphatic carbocycles. The maximum Gasteiger partial charge on any atom is 0.0946 e. The fourth-order valence-electron chi connectivity index (χ4n) is 0.187. The molecule has 0 spiro atoms. The Morgan fingerprint density at radius 1 is 1.50 bits per heavy atom. The first-order chi connectivity index (χ1) is 4.50. The highest BCUT2D eigenvalue weighted by Gasteiger charge is 1.88. The van der Waals surface area contributed by atoms with Gasteiger partial charge in [-0.1, -0.05) is 11.2 Å². The molecule has 0 aromatic heterocycles. The summed E-state index contributed by atoms with van der Waals surface area (Å²) in [6.07, 6.45) is 3.41. The van der Waals surface area contributed by atoms with Crippen molar-refractivity contribution in [3.63, 3.8) is 0 Å². The summed E-state index contributed by atoms with van der Waals surface area (Å²) < 4.78 is 9.56. The van der Waals surface area contributed by atoms with Crippen LogP contribution in [0.2, 0.25) is 0 Å². The minimum Gasteiger partial charge on any atom is -0.617 e. The van der Waals surface area contributed by atoms with E-state index in [1.54, 1.807) is 19.4 Å². The fourth-order valence-corrected chi connectivity index (χ4v) is 0.187. The molecule has 0 saturated heterocycles. The van der Waals surface area contributed by atoms with Crippen molar-refractivity contribution in [2.45, 2.75) is 19.4 Å². The summed E-state index contributed by atoms with van der Waals surface area (Å²) in [5.41, 5.74) is 0. The second-order valence-electron chi connectivity index (χ2n) is 2.10. The lowest BCUT2D eigenvalue weighted by Crippen LogP contribution is -2.00. The summed E-state index contributed by atoms with van der Waals surface area (Å²) in [6, 6.07) is 0. The van der Waals surface area contributed by atoms with Crippen molar-refractivity contribution in [2.75, 3.05) is 19.1 Å². The maximum atomic E-state index is 9.56. The van der Waals surface area contributed by atoms with Gasteiger partial charge in [0.05, 0.1) is 18.6 Å². The number of aliphatic hydroxyl groups is 2. The minimum absolute atomic E-state index is 0.0810. The third-order valence-electron chi connectivity index (χ3n) is 0.547. The lowest BCUT2D eigenvalue weighted by atomic mass is 10.3. The molecule has 10 heavy (non-hydrogen) atoms. The molecule has 0 aromatic rings. The summed E-state index contributed by atoms with van der Waals surface area (Å²) in [7, 11) is 0. The van der Waals surface area contributed by atoms with Gasteiger partial charge in [-0.2, -0.15) is 0 Å². The van der Waals surface area contributed by atoms with Gasteiger partial charge in [0.1, 0.15) is 0 Å². The summed E-state index contributed by atoms with van der Waals surface area (Å²) in [5.74, 6) is 0. The van der Waals surface area contributed by atoms with E-state index < -0.39 is 11.2 Å². The van der Waals surface area contributed by atoms with Gasteiger partial charge < -0.3 is 14.8 Å². The summed E-state index contributed by atoms with van der Waals surface area (Å²) >= 11 is -0.611. The molecule has 1 atom stereocenters. The first-order valence-corrected chi connectivity index (χ1v) is 5.01. The van der Waals surface area contributed by atoms with Crippen molar-refractivity contribution in [3.05, 3.63) is 0 Å². The molecule has 0 aliphatic rings. The van der Waals surface area contributed by atoms with E-state index in [4.69, 9.17) is 10.2 Å². The van der Waals surface area contributed by atoms with Gasteiger partial charge in [-0.3, -0.25) is 0 Å². The standard InChI is InChI=1S/C4H10O2.C2H6OS/c1-4(6)2-3-5;1-4(2)3/h4-6H,2-3H2,1H3;1-2H3. The maximum absolute atomic E-state index is 9.56. The molecule has 0 radical (unpaired) electrons. The molecule has 1 unspecified atom stereocenters. The van der Waals surface area contributed by atoms with Crippen molar-refractivity contribution in [1.29, 1.82) is 0 Å². The molecule has 64 valence electrons. The number of rotatable bonds is 2. The van der Waals surface area contributed by atoms with Crippen molar-refractivity contribution in [1.82, 2.24) is 0 Å². The highest BCUT2D eigenvalue weighted by molar-refractivity contribution is 7.89. The smallest absolute Gasteiger partial charge is 0.0946 e. The lowest BCUT2D eigenvalue weighted by Gasteiger charge is -1.95. The molecule has 0 bridgehead atoms. The zero-order valence-electron chi connectivity index (χ0n) is 6.70. The predicted molar refractivity (Wildman–Crippen MR) is 43.4 cm³/mol. The van der Waals surface area contributed by atoms with Crippen molar-refractivity contribution in [3.8, 4) is 0 Å². The topological polar surface area (TPSA) is 63.5 Å². The second kappa shape index (κ2) is 9.23. The van der Waals surface area contributed by atoms with E-state index in [-0.39, 0.29) is 12.7 Å². The summed E-state index contributed by atoms with van der Waals surface area (Å²) in [6.45, 7) is 1.73. The van der Waals surface area contributed by atoms with Gasteiger partial charge in [-0.15, -0.1) is 0 Å². The highest BCUT2D eigenvalue weighted by Crippen LogP contribution is 1.83. The van der Waals surface area contributed by atoms with E-state index in [2.05, 4.69) is 0 Å². The largest absolute Gasteiger partial charge is 0.617 e. The first kappa shape index (κ1) is 12.9. The summed E-state index contributed by atoms with van der Waals surface area (Å²) in [5, 5.41) is 16.5. The van der Waals surface area contributed by atoms with Crippen LogP contribution in [0, 0.1) is 0 Å². The van der Waals surface area contributed by atoms with Gasteiger partial charge in [0, 0.05) is 6.61 Å². The molecular formula is C6H16O3S. The van der Waals surface area contributed by atoms with Gasteiger partial charge in [0.25, 0.3) is 0 Å².